The molecule has 2 rings (SSSR count). The van der Waals surface area contributed by atoms with Gasteiger partial charge in [0.2, 0.25) is 0 Å². The molecule has 0 heterocycles. The number of aromatic hydroxyl groups is 1. The van der Waals surface area contributed by atoms with Crippen LogP contribution in [0, 0.1) is 12.7 Å². The molecule has 0 aliphatic rings. The monoisotopic (exact) mass is 234 g/mol. The lowest BCUT2D eigenvalue weighted by molar-refractivity contribution is 0.479. The van der Waals surface area contributed by atoms with E-state index in [2.05, 4.69) is 0 Å². The molecule has 0 radical (unpaired) electrons. The summed E-state index contributed by atoms with van der Waals surface area (Å²) in [7, 11) is 0.146. The molecule has 0 amide bonds. The van der Waals surface area contributed by atoms with E-state index in [-0.39, 0.29) is 20.1 Å². The van der Waals surface area contributed by atoms with Crippen LogP contribution in [0.3, 0.4) is 0 Å². The Balaban J connectivity index is 2.34. The summed E-state index contributed by atoms with van der Waals surface area (Å²) >= 11 is 0. The molecule has 0 aliphatic heterocycles. The van der Waals surface area contributed by atoms with Crippen LogP contribution in [0.2, 0.25) is 0 Å². The molecule has 1 nitrogen and oxygen atoms in total. The van der Waals surface area contributed by atoms with Crippen LogP contribution in [0.4, 0.5) is 4.39 Å². The van der Waals surface area contributed by atoms with Crippen molar-refractivity contribution < 1.29 is 9.50 Å². The van der Waals surface area contributed by atoms with Gasteiger partial charge >= 0.3 is 0 Å². The van der Waals surface area contributed by atoms with Gasteiger partial charge in [0.15, 0.2) is 0 Å². The molecule has 0 saturated heterocycles. The Morgan fingerprint density at radius 3 is 2.56 bits per heavy atom. The van der Waals surface area contributed by atoms with Crippen molar-refractivity contribution in [2.75, 3.05) is 0 Å². The zero-order valence-corrected chi connectivity index (χ0v) is 9.87. The van der Waals surface area contributed by atoms with Gasteiger partial charge in [0.1, 0.15) is 11.6 Å². The number of phenols is 1. The predicted octanol–water partition coefficient (Wildman–Crippen LogP) is 2.47. The first-order valence-electron chi connectivity index (χ1n) is 4.98. The Kier molecular flexibility index (Phi) is 3.21. The van der Waals surface area contributed by atoms with Crippen molar-refractivity contribution in [1.29, 1.82) is 0 Å². The fourth-order valence-corrected chi connectivity index (χ4v) is 2.64. The van der Waals surface area contributed by atoms with Crippen molar-refractivity contribution in [3.8, 4) is 5.75 Å². The zero-order valence-electron chi connectivity index (χ0n) is 8.87. The van der Waals surface area contributed by atoms with E-state index < -0.39 is 0 Å². The molecule has 0 aliphatic carbocycles. The van der Waals surface area contributed by atoms with E-state index in [0.717, 1.165) is 10.9 Å². The Bertz CT molecular complexity index is 511. The maximum atomic E-state index is 13.4. The van der Waals surface area contributed by atoms with Crippen LogP contribution in [-0.2, 0) is 0 Å². The number of aryl methyl sites for hydroxylation is 1. The summed E-state index contributed by atoms with van der Waals surface area (Å²) in [6.45, 7) is 1.95. The van der Waals surface area contributed by atoms with E-state index in [1.54, 1.807) is 24.3 Å². The maximum absolute atomic E-state index is 13.4. The number of hydrogen-bond donors (Lipinski definition) is 1. The van der Waals surface area contributed by atoms with E-state index >= 15 is 0 Å². The fraction of sp³-hybridized carbons (Fsp3) is 0.0769. The molecule has 1 atom stereocenters. The lowest BCUT2D eigenvalue weighted by Crippen LogP contribution is -2.07. The van der Waals surface area contributed by atoms with E-state index in [1.165, 1.54) is 6.07 Å². The van der Waals surface area contributed by atoms with Gasteiger partial charge in [-0.2, -0.15) is 0 Å². The Labute approximate surface area is 95.7 Å². The third-order valence-corrected chi connectivity index (χ3v) is 3.64. The normalized spacial score (nSPS) is 11.1. The number of phenolic OH excluding ortho intramolecular Hbond substituents is 1. The van der Waals surface area contributed by atoms with E-state index in [0.29, 0.717) is 5.30 Å². The smallest absolute Gasteiger partial charge is 0.130 e. The summed E-state index contributed by atoms with van der Waals surface area (Å²) in [6.07, 6.45) is 0. The van der Waals surface area contributed by atoms with E-state index in [9.17, 15) is 9.50 Å². The van der Waals surface area contributed by atoms with Crippen LogP contribution in [0.5, 0.6) is 5.75 Å². The van der Waals surface area contributed by atoms with Crippen molar-refractivity contribution in [3.05, 3.63) is 53.8 Å². The van der Waals surface area contributed by atoms with Crippen LogP contribution < -0.4 is 10.6 Å². The summed E-state index contributed by atoms with van der Waals surface area (Å²) in [4.78, 5) is 0. The van der Waals surface area contributed by atoms with Crippen molar-refractivity contribution >= 4 is 19.2 Å². The minimum Gasteiger partial charge on any atom is -0.507 e. The minimum absolute atomic E-state index is 0.146. The first-order chi connectivity index (χ1) is 7.66. The van der Waals surface area contributed by atoms with Gasteiger partial charge in [0.05, 0.1) is 0 Å². The molecule has 2 aromatic carbocycles. The zero-order chi connectivity index (χ0) is 11.5. The van der Waals surface area contributed by atoms with Gasteiger partial charge in [-0.15, -0.1) is 0 Å². The van der Waals surface area contributed by atoms with E-state index in [4.69, 9.17) is 0 Å². The van der Waals surface area contributed by atoms with Gasteiger partial charge in [-0.05, 0) is 25.1 Å². The van der Waals surface area contributed by atoms with Crippen molar-refractivity contribution in [3.63, 3.8) is 0 Å². The molecule has 0 aromatic heterocycles. The molecule has 3 heteroatoms. The number of hydrogen-bond acceptors (Lipinski definition) is 1. The lowest BCUT2D eigenvalue weighted by atomic mass is 10.2. The third-order valence-electron chi connectivity index (χ3n) is 2.30. The van der Waals surface area contributed by atoms with Crippen molar-refractivity contribution in [2.24, 2.45) is 0 Å². The second kappa shape index (κ2) is 4.63. The summed E-state index contributed by atoms with van der Waals surface area (Å²) in [5.41, 5.74) is 1.07. The van der Waals surface area contributed by atoms with Crippen molar-refractivity contribution in [2.45, 2.75) is 6.92 Å². The quantitative estimate of drug-likeness (QED) is 0.791. The molecule has 2 aromatic rings. The average molecular weight is 234 g/mol. The second-order valence-electron chi connectivity index (χ2n) is 3.63. The third kappa shape index (κ3) is 2.40. The van der Waals surface area contributed by atoms with Crippen LogP contribution >= 0.6 is 8.58 Å². The summed E-state index contributed by atoms with van der Waals surface area (Å²) in [5, 5.41) is 11.1. The van der Waals surface area contributed by atoms with Gasteiger partial charge in [-0.1, -0.05) is 38.4 Å². The number of rotatable bonds is 2. The predicted molar refractivity (Wildman–Crippen MR) is 66.8 cm³/mol. The molecule has 0 bridgehead atoms. The van der Waals surface area contributed by atoms with Gasteiger partial charge in [-0.25, -0.2) is 4.39 Å². The molecular weight excluding hydrogens is 222 g/mol. The average Bonchev–Trinajstić information content (AvgIpc) is 2.27. The standard InChI is InChI=1S/C13H12FOP/c1-9-6-7-11(15)13(8-9)16-12-5-3-2-4-10(12)14/h2-8,15-16H,1H3. The summed E-state index contributed by atoms with van der Waals surface area (Å²) in [5.74, 6) is 0.00826. The van der Waals surface area contributed by atoms with Gasteiger partial charge in [0.25, 0.3) is 0 Å². The first-order valence-corrected chi connectivity index (χ1v) is 5.98. The first kappa shape index (κ1) is 11.1. The van der Waals surface area contributed by atoms with Crippen molar-refractivity contribution in [1.82, 2.24) is 0 Å². The van der Waals surface area contributed by atoms with E-state index in [1.807, 2.05) is 19.1 Å². The fourth-order valence-electron chi connectivity index (χ4n) is 1.46. The highest BCUT2D eigenvalue weighted by atomic mass is 31.1. The van der Waals surface area contributed by atoms with Crippen LogP contribution in [0.15, 0.2) is 42.5 Å². The van der Waals surface area contributed by atoms with Gasteiger partial charge in [0, 0.05) is 10.6 Å². The minimum atomic E-state index is -0.221. The maximum Gasteiger partial charge on any atom is 0.130 e. The van der Waals surface area contributed by atoms with Gasteiger partial charge < -0.3 is 5.11 Å². The summed E-state index contributed by atoms with van der Waals surface area (Å²) < 4.78 is 13.4. The Morgan fingerprint density at radius 1 is 1.06 bits per heavy atom. The molecule has 16 heavy (non-hydrogen) atoms. The molecule has 1 N–H and O–H groups in total. The summed E-state index contributed by atoms with van der Waals surface area (Å²) in [6, 6.07) is 12.0. The number of halogens is 1. The highest BCUT2D eigenvalue weighted by molar-refractivity contribution is 7.55. The topological polar surface area (TPSA) is 20.2 Å². The lowest BCUT2D eigenvalue weighted by Gasteiger charge is -2.06. The largest absolute Gasteiger partial charge is 0.507 e. The molecule has 0 saturated carbocycles. The van der Waals surface area contributed by atoms with Crippen LogP contribution in [0.1, 0.15) is 5.56 Å². The molecule has 82 valence electrons. The Hall–Kier alpha value is -1.40. The van der Waals surface area contributed by atoms with Crippen LogP contribution in [-0.4, -0.2) is 5.11 Å². The number of benzene rings is 2. The Morgan fingerprint density at radius 2 is 1.81 bits per heavy atom. The molecular formula is C13H12FOP. The van der Waals surface area contributed by atoms with Gasteiger partial charge in [-0.3, -0.25) is 0 Å². The molecule has 1 unspecified atom stereocenters. The SMILES string of the molecule is Cc1ccc(O)c(Pc2ccccc2F)c1. The highest BCUT2D eigenvalue weighted by Gasteiger charge is 2.06. The second-order valence-corrected chi connectivity index (χ2v) is 4.95. The van der Waals surface area contributed by atoms with Crippen LogP contribution in [0.25, 0.3) is 0 Å². The molecule has 0 fully saturated rings. The molecule has 0 spiro atoms. The highest BCUT2D eigenvalue weighted by Crippen LogP contribution is 2.20.